The molecule has 3 aromatic rings. The van der Waals surface area contributed by atoms with Crippen LogP contribution in [0.15, 0.2) is 47.1 Å². The largest absolute Gasteiger partial charge is 0.354 e. The molecule has 130 valence electrons. The Morgan fingerprint density at radius 2 is 1.80 bits per heavy atom. The summed E-state index contributed by atoms with van der Waals surface area (Å²) in [4.78, 5) is 11.2. The maximum atomic E-state index is 5.62. The van der Waals surface area contributed by atoms with Crippen molar-refractivity contribution in [3.63, 3.8) is 0 Å². The van der Waals surface area contributed by atoms with Crippen LogP contribution in [0.25, 0.3) is 22.8 Å². The summed E-state index contributed by atoms with van der Waals surface area (Å²) in [5.74, 6) is 1.96. The number of benzene rings is 1. The Morgan fingerprint density at radius 3 is 2.36 bits per heavy atom. The zero-order chi connectivity index (χ0) is 17.8. The first-order valence-electron chi connectivity index (χ1n) is 8.48. The van der Waals surface area contributed by atoms with Gasteiger partial charge in [0.05, 0.1) is 5.56 Å². The smallest absolute Gasteiger partial charge is 0.259 e. The SMILES string of the molecule is CCN(c1ccc(-c2nc(-c3ccc(CN)cc3)no2)cn1)C(C)C. The van der Waals surface area contributed by atoms with Gasteiger partial charge >= 0.3 is 0 Å². The third kappa shape index (κ3) is 3.69. The number of aromatic nitrogens is 3. The number of rotatable bonds is 6. The van der Waals surface area contributed by atoms with Gasteiger partial charge in [0.2, 0.25) is 5.82 Å². The van der Waals surface area contributed by atoms with Crippen LogP contribution in [0.3, 0.4) is 0 Å². The Hall–Kier alpha value is -2.73. The second-order valence-corrected chi connectivity index (χ2v) is 6.11. The van der Waals surface area contributed by atoms with Crippen molar-refractivity contribution in [1.29, 1.82) is 0 Å². The number of hydrogen-bond donors (Lipinski definition) is 1. The Morgan fingerprint density at radius 1 is 1.08 bits per heavy atom. The van der Waals surface area contributed by atoms with Gasteiger partial charge in [0.15, 0.2) is 0 Å². The van der Waals surface area contributed by atoms with Crippen molar-refractivity contribution in [2.45, 2.75) is 33.4 Å². The van der Waals surface area contributed by atoms with Gasteiger partial charge in [-0.3, -0.25) is 0 Å². The molecular formula is C19H23N5O. The lowest BCUT2D eigenvalue weighted by Crippen LogP contribution is -2.30. The van der Waals surface area contributed by atoms with Crippen LogP contribution in [-0.4, -0.2) is 27.7 Å². The molecule has 0 amide bonds. The number of nitrogens with zero attached hydrogens (tertiary/aromatic N) is 4. The quantitative estimate of drug-likeness (QED) is 0.741. The summed E-state index contributed by atoms with van der Waals surface area (Å²) in [5, 5.41) is 4.06. The van der Waals surface area contributed by atoms with Crippen LogP contribution in [-0.2, 0) is 6.54 Å². The normalized spacial score (nSPS) is 11.1. The Kier molecular flexibility index (Phi) is 5.09. The molecule has 6 heteroatoms. The highest BCUT2D eigenvalue weighted by Crippen LogP contribution is 2.24. The van der Waals surface area contributed by atoms with E-state index in [0.717, 1.165) is 29.1 Å². The van der Waals surface area contributed by atoms with Crippen LogP contribution < -0.4 is 10.6 Å². The minimum atomic E-state index is 0.398. The molecule has 0 bridgehead atoms. The van der Waals surface area contributed by atoms with Crippen LogP contribution in [0.1, 0.15) is 26.3 Å². The van der Waals surface area contributed by atoms with Crippen LogP contribution in [0.5, 0.6) is 0 Å². The van der Waals surface area contributed by atoms with Crippen molar-refractivity contribution in [3.8, 4) is 22.8 Å². The molecule has 3 rings (SSSR count). The first-order valence-corrected chi connectivity index (χ1v) is 8.48. The highest BCUT2D eigenvalue weighted by molar-refractivity contribution is 5.60. The van der Waals surface area contributed by atoms with Crippen molar-refractivity contribution in [2.75, 3.05) is 11.4 Å². The maximum absolute atomic E-state index is 5.62. The molecule has 2 N–H and O–H groups in total. The van der Waals surface area contributed by atoms with Gasteiger partial charge < -0.3 is 15.2 Å². The minimum Gasteiger partial charge on any atom is -0.354 e. The van der Waals surface area contributed by atoms with Gasteiger partial charge in [0.25, 0.3) is 5.89 Å². The van der Waals surface area contributed by atoms with Crippen molar-refractivity contribution >= 4 is 5.82 Å². The van der Waals surface area contributed by atoms with E-state index in [1.807, 2.05) is 36.4 Å². The highest BCUT2D eigenvalue weighted by atomic mass is 16.5. The van der Waals surface area contributed by atoms with E-state index in [9.17, 15) is 0 Å². The van der Waals surface area contributed by atoms with E-state index < -0.39 is 0 Å². The lowest BCUT2D eigenvalue weighted by molar-refractivity contribution is 0.432. The monoisotopic (exact) mass is 337 g/mol. The Labute approximate surface area is 147 Å². The van der Waals surface area contributed by atoms with Gasteiger partial charge in [-0.15, -0.1) is 0 Å². The molecular weight excluding hydrogens is 314 g/mol. The highest BCUT2D eigenvalue weighted by Gasteiger charge is 2.13. The van der Waals surface area contributed by atoms with Crippen LogP contribution in [0.2, 0.25) is 0 Å². The fraction of sp³-hybridized carbons (Fsp3) is 0.316. The Balaban J connectivity index is 1.82. The summed E-state index contributed by atoms with van der Waals surface area (Å²) in [6, 6.07) is 12.2. The number of hydrogen-bond acceptors (Lipinski definition) is 6. The standard InChI is InChI=1S/C19H23N5O/c1-4-24(13(2)3)17-10-9-16(12-21-17)19-22-18(23-25-19)15-7-5-14(11-20)6-8-15/h5-10,12-13H,4,11,20H2,1-3H3. The third-order valence-corrected chi connectivity index (χ3v) is 4.13. The van der Waals surface area contributed by atoms with E-state index in [0.29, 0.717) is 24.3 Å². The predicted molar refractivity (Wildman–Crippen MR) is 99.0 cm³/mol. The molecule has 2 aromatic heterocycles. The van der Waals surface area contributed by atoms with E-state index in [2.05, 4.69) is 40.8 Å². The van der Waals surface area contributed by atoms with Gasteiger partial charge in [-0.25, -0.2) is 4.98 Å². The summed E-state index contributed by atoms with van der Waals surface area (Å²) < 4.78 is 5.40. The molecule has 0 spiro atoms. The van der Waals surface area contributed by atoms with Crippen molar-refractivity contribution < 1.29 is 4.52 Å². The molecule has 1 aromatic carbocycles. The average molecular weight is 337 g/mol. The molecule has 0 atom stereocenters. The summed E-state index contributed by atoms with van der Waals surface area (Å²) in [7, 11) is 0. The summed E-state index contributed by atoms with van der Waals surface area (Å²) >= 11 is 0. The topological polar surface area (TPSA) is 81.1 Å². The lowest BCUT2D eigenvalue weighted by atomic mass is 10.1. The van der Waals surface area contributed by atoms with Gasteiger partial charge in [-0.2, -0.15) is 4.98 Å². The van der Waals surface area contributed by atoms with E-state index in [-0.39, 0.29) is 0 Å². The van der Waals surface area contributed by atoms with Gasteiger partial charge in [0, 0.05) is 30.9 Å². The van der Waals surface area contributed by atoms with Crippen molar-refractivity contribution in [2.24, 2.45) is 5.73 Å². The van der Waals surface area contributed by atoms with E-state index in [4.69, 9.17) is 10.3 Å². The molecule has 0 radical (unpaired) electrons. The summed E-state index contributed by atoms with van der Waals surface area (Å²) in [5.41, 5.74) is 8.39. The van der Waals surface area contributed by atoms with Crippen molar-refractivity contribution in [3.05, 3.63) is 48.2 Å². The second kappa shape index (κ2) is 7.44. The van der Waals surface area contributed by atoms with Crippen LogP contribution in [0, 0.1) is 0 Å². The minimum absolute atomic E-state index is 0.398. The Bertz CT molecular complexity index is 809. The number of anilines is 1. The van der Waals surface area contributed by atoms with Gasteiger partial charge in [0.1, 0.15) is 5.82 Å². The fourth-order valence-electron chi connectivity index (χ4n) is 2.72. The number of pyridine rings is 1. The van der Waals surface area contributed by atoms with Crippen molar-refractivity contribution in [1.82, 2.24) is 15.1 Å². The maximum Gasteiger partial charge on any atom is 0.259 e. The molecule has 0 fully saturated rings. The molecule has 0 unspecified atom stereocenters. The van der Waals surface area contributed by atoms with E-state index in [1.165, 1.54) is 0 Å². The summed E-state index contributed by atoms with van der Waals surface area (Å²) in [6.45, 7) is 7.85. The van der Waals surface area contributed by atoms with E-state index >= 15 is 0 Å². The summed E-state index contributed by atoms with van der Waals surface area (Å²) in [6.07, 6.45) is 1.77. The third-order valence-electron chi connectivity index (χ3n) is 4.13. The zero-order valence-corrected chi connectivity index (χ0v) is 14.8. The molecule has 25 heavy (non-hydrogen) atoms. The van der Waals surface area contributed by atoms with Gasteiger partial charge in [-0.1, -0.05) is 29.4 Å². The zero-order valence-electron chi connectivity index (χ0n) is 14.8. The number of nitrogens with two attached hydrogens (primary N) is 1. The second-order valence-electron chi connectivity index (χ2n) is 6.11. The van der Waals surface area contributed by atoms with Crippen LogP contribution >= 0.6 is 0 Å². The molecule has 2 heterocycles. The average Bonchev–Trinajstić information content (AvgIpc) is 3.13. The molecule has 0 aliphatic rings. The van der Waals surface area contributed by atoms with E-state index in [1.54, 1.807) is 6.20 Å². The van der Waals surface area contributed by atoms with Crippen LogP contribution in [0.4, 0.5) is 5.82 Å². The molecule has 6 nitrogen and oxygen atoms in total. The molecule has 0 aliphatic heterocycles. The molecule has 0 aliphatic carbocycles. The lowest BCUT2D eigenvalue weighted by Gasteiger charge is -2.26. The first kappa shape index (κ1) is 17.1. The van der Waals surface area contributed by atoms with Gasteiger partial charge in [-0.05, 0) is 38.5 Å². The molecule has 0 saturated heterocycles. The molecule has 0 saturated carbocycles. The predicted octanol–water partition coefficient (Wildman–Crippen LogP) is 3.49. The first-order chi connectivity index (χ1) is 12.1. The fourth-order valence-corrected chi connectivity index (χ4v) is 2.72.